The minimum absolute atomic E-state index is 0.0930. The van der Waals surface area contributed by atoms with Crippen LogP contribution in [0.25, 0.3) is 0 Å². The fraction of sp³-hybridized carbons (Fsp3) is 0.273. The zero-order valence-corrected chi connectivity index (χ0v) is 8.10. The SMILES string of the molecule is C#C[C@@H](N)c1cccc(C(F)(F)F)c1C. The average molecular weight is 213 g/mol. The van der Waals surface area contributed by atoms with Crippen LogP contribution in [-0.4, -0.2) is 0 Å². The summed E-state index contributed by atoms with van der Waals surface area (Å²) in [4.78, 5) is 0. The molecular formula is C11H10F3N. The first kappa shape index (κ1) is 11.6. The predicted octanol–water partition coefficient (Wildman–Crippen LogP) is 2.65. The number of nitrogens with two attached hydrogens (primary N) is 1. The van der Waals surface area contributed by atoms with Crippen molar-refractivity contribution in [2.45, 2.75) is 19.1 Å². The summed E-state index contributed by atoms with van der Waals surface area (Å²) in [6.07, 6.45) is 0.709. The van der Waals surface area contributed by atoms with Gasteiger partial charge in [0.05, 0.1) is 11.6 Å². The summed E-state index contributed by atoms with van der Waals surface area (Å²) < 4.78 is 37.5. The summed E-state index contributed by atoms with van der Waals surface area (Å²) in [5.74, 6) is 2.21. The molecule has 80 valence electrons. The minimum Gasteiger partial charge on any atom is -0.314 e. The summed E-state index contributed by atoms with van der Waals surface area (Å²) in [6, 6.07) is 3.03. The van der Waals surface area contributed by atoms with E-state index in [1.165, 1.54) is 19.1 Å². The Hall–Kier alpha value is -1.47. The van der Waals surface area contributed by atoms with Gasteiger partial charge < -0.3 is 5.73 Å². The largest absolute Gasteiger partial charge is 0.416 e. The lowest BCUT2D eigenvalue weighted by Gasteiger charge is -2.15. The van der Waals surface area contributed by atoms with Gasteiger partial charge in [-0.15, -0.1) is 6.42 Å². The quantitative estimate of drug-likeness (QED) is 0.713. The number of terminal acetylenes is 1. The van der Waals surface area contributed by atoms with E-state index in [1.807, 2.05) is 0 Å². The van der Waals surface area contributed by atoms with Crippen molar-refractivity contribution in [3.8, 4) is 12.3 Å². The normalized spacial score (nSPS) is 13.3. The fourth-order valence-corrected chi connectivity index (χ4v) is 1.39. The third kappa shape index (κ3) is 2.31. The Kier molecular flexibility index (Phi) is 3.06. The summed E-state index contributed by atoms with van der Waals surface area (Å²) in [5.41, 5.74) is 5.25. The van der Waals surface area contributed by atoms with Gasteiger partial charge in [0, 0.05) is 0 Å². The van der Waals surface area contributed by atoms with Crippen molar-refractivity contribution >= 4 is 0 Å². The lowest BCUT2D eigenvalue weighted by atomic mass is 9.97. The lowest BCUT2D eigenvalue weighted by Crippen LogP contribution is -2.14. The topological polar surface area (TPSA) is 26.0 Å². The highest BCUT2D eigenvalue weighted by molar-refractivity contribution is 5.40. The molecule has 4 heteroatoms. The molecule has 15 heavy (non-hydrogen) atoms. The van der Waals surface area contributed by atoms with Crippen molar-refractivity contribution in [1.29, 1.82) is 0 Å². The van der Waals surface area contributed by atoms with Gasteiger partial charge >= 0.3 is 6.18 Å². The summed E-state index contributed by atoms with van der Waals surface area (Å²) >= 11 is 0. The Morgan fingerprint density at radius 3 is 2.47 bits per heavy atom. The molecule has 2 N–H and O–H groups in total. The molecule has 1 aromatic carbocycles. The van der Waals surface area contributed by atoms with Gasteiger partial charge in [0.15, 0.2) is 0 Å². The second-order valence-electron chi connectivity index (χ2n) is 3.16. The average Bonchev–Trinajstić information content (AvgIpc) is 2.15. The van der Waals surface area contributed by atoms with Crippen LogP contribution in [0.2, 0.25) is 0 Å². The molecule has 0 aliphatic heterocycles. The van der Waals surface area contributed by atoms with Gasteiger partial charge in [0.25, 0.3) is 0 Å². The van der Waals surface area contributed by atoms with Crippen molar-refractivity contribution < 1.29 is 13.2 Å². The Bertz CT molecular complexity index is 401. The molecule has 0 heterocycles. The van der Waals surface area contributed by atoms with Gasteiger partial charge in [0.1, 0.15) is 0 Å². The molecule has 0 aromatic heterocycles. The van der Waals surface area contributed by atoms with Gasteiger partial charge in [-0.25, -0.2) is 0 Å². The van der Waals surface area contributed by atoms with Crippen molar-refractivity contribution in [3.63, 3.8) is 0 Å². The van der Waals surface area contributed by atoms with Gasteiger partial charge in [-0.2, -0.15) is 13.2 Å². The van der Waals surface area contributed by atoms with Gasteiger partial charge in [-0.3, -0.25) is 0 Å². The highest BCUT2D eigenvalue weighted by atomic mass is 19.4. The molecule has 0 aliphatic rings. The molecule has 0 amide bonds. The monoisotopic (exact) mass is 213 g/mol. The summed E-state index contributed by atoms with van der Waals surface area (Å²) in [6.45, 7) is 1.37. The van der Waals surface area contributed by atoms with Gasteiger partial charge in [-0.1, -0.05) is 18.1 Å². The summed E-state index contributed by atoms with van der Waals surface area (Å²) in [5, 5.41) is 0. The second-order valence-corrected chi connectivity index (χ2v) is 3.16. The first-order valence-corrected chi connectivity index (χ1v) is 4.26. The second kappa shape index (κ2) is 3.95. The van der Waals surface area contributed by atoms with Crippen molar-refractivity contribution in [2.24, 2.45) is 5.73 Å². The molecule has 1 nitrogen and oxygen atoms in total. The van der Waals surface area contributed by atoms with Crippen molar-refractivity contribution in [3.05, 3.63) is 34.9 Å². The predicted molar refractivity (Wildman–Crippen MR) is 51.9 cm³/mol. The van der Waals surface area contributed by atoms with Crippen LogP contribution in [0.15, 0.2) is 18.2 Å². The molecule has 0 saturated heterocycles. The van der Waals surface area contributed by atoms with E-state index >= 15 is 0 Å². The molecular weight excluding hydrogens is 203 g/mol. The molecule has 0 aliphatic carbocycles. The van der Waals surface area contributed by atoms with E-state index in [2.05, 4.69) is 5.92 Å². The minimum atomic E-state index is -4.37. The van der Waals surface area contributed by atoms with E-state index in [0.717, 1.165) is 6.07 Å². The number of halogens is 3. The zero-order chi connectivity index (χ0) is 11.6. The van der Waals surface area contributed by atoms with E-state index in [9.17, 15) is 13.2 Å². The lowest BCUT2D eigenvalue weighted by molar-refractivity contribution is -0.138. The van der Waals surface area contributed by atoms with Crippen LogP contribution >= 0.6 is 0 Å². The summed E-state index contributed by atoms with van der Waals surface area (Å²) in [7, 11) is 0. The molecule has 0 unspecified atom stereocenters. The van der Waals surface area contributed by atoms with Crippen LogP contribution in [0, 0.1) is 19.3 Å². The van der Waals surface area contributed by atoms with Crippen LogP contribution < -0.4 is 5.73 Å². The molecule has 0 bridgehead atoms. The Labute approximate surface area is 86.1 Å². The maximum Gasteiger partial charge on any atom is 0.416 e. The zero-order valence-electron chi connectivity index (χ0n) is 8.10. The number of benzene rings is 1. The Morgan fingerprint density at radius 1 is 1.40 bits per heavy atom. The Morgan fingerprint density at radius 2 is 2.00 bits per heavy atom. The number of alkyl halides is 3. The van der Waals surface area contributed by atoms with Crippen LogP contribution in [-0.2, 0) is 6.18 Å². The van der Waals surface area contributed by atoms with Crippen molar-refractivity contribution in [2.75, 3.05) is 0 Å². The molecule has 0 spiro atoms. The van der Waals surface area contributed by atoms with Crippen LogP contribution in [0.3, 0.4) is 0 Å². The maximum atomic E-state index is 12.5. The number of rotatable bonds is 1. The van der Waals surface area contributed by atoms with E-state index in [1.54, 1.807) is 0 Å². The smallest absolute Gasteiger partial charge is 0.314 e. The van der Waals surface area contributed by atoms with Crippen molar-refractivity contribution in [1.82, 2.24) is 0 Å². The molecule has 0 fully saturated rings. The van der Waals surface area contributed by atoms with Crippen LogP contribution in [0.5, 0.6) is 0 Å². The first-order chi connectivity index (χ1) is 6.88. The highest BCUT2D eigenvalue weighted by Crippen LogP contribution is 2.33. The first-order valence-electron chi connectivity index (χ1n) is 4.26. The standard InChI is InChI=1S/C11H10F3N/c1-3-10(15)8-5-4-6-9(7(8)2)11(12,13)14/h1,4-6,10H,15H2,2H3/t10-/m1/s1. The van der Waals surface area contributed by atoms with Gasteiger partial charge in [-0.05, 0) is 24.1 Å². The highest BCUT2D eigenvalue weighted by Gasteiger charge is 2.33. The maximum absolute atomic E-state index is 12.5. The third-order valence-corrected chi connectivity index (χ3v) is 2.20. The number of hydrogen-bond acceptors (Lipinski definition) is 1. The van der Waals surface area contributed by atoms with E-state index in [4.69, 9.17) is 12.2 Å². The van der Waals surface area contributed by atoms with E-state index < -0.39 is 17.8 Å². The van der Waals surface area contributed by atoms with Crippen LogP contribution in [0.1, 0.15) is 22.7 Å². The molecule has 0 radical (unpaired) electrons. The molecule has 1 atom stereocenters. The molecule has 1 rings (SSSR count). The van der Waals surface area contributed by atoms with E-state index in [0.29, 0.717) is 5.56 Å². The molecule has 0 saturated carbocycles. The van der Waals surface area contributed by atoms with E-state index in [-0.39, 0.29) is 5.56 Å². The number of hydrogen-bond donors (Lipinski definition) is 1. The third-order valence-electron chi connectivity index (χ3n) is 2.20. The Balaban J connectivity index is 3.31. The fourth-order valence-electron chi connectivity index (χ4n) is 1.39. The van der Waals surface area contributed by atoms with Crippen LogP contribution in [0.4, 0.5) is 13.2 Å². The van der Waals surface area contributed by atoms with Gasteiger partial charge in [0.2, 0.25) is 0 Å². The molecule has 1 aromatic rings.